The highest BCUT2D eigenvalue weighted by molar-refractivity contribution is 7.92. The number of pyridine rings is 1. The summed E-state index contributed by atoms with van der Waals surface area (Å²) in [6.45, 7) is 2.42. The third-order valence-corrected chi connectivity index (χ3v) is 4.47. The Morgan fingerprint density at radius 1 is 1.19 bits per heavy atom. The zero-order chi connectivity index (χ0) is 15.3. The molecular weight excluding hydrogens is 288 g/mol. The molecule has 6 heteroatoms. The van der Waals surface area contributed by atoms with Gasteiger partial charge in [0.15, 0.2) is 0 Å². The highest BCUT2D eigenvalue weighted by atomic mass is 32.2. The number of hydrogen-bond acceptors (Lipinski definition) is 4. The molecule has 0 amide bonds. The van der Waals surface area contributed by atoms with Crippen LogP contribution < -0.4 is 4.72 Å². The number of aryl methyl sites for hydroxylation is 1. The monoisotopic (exact) mass is 306 g/mol. The molecule has 0 unspecified atom stereocenters. The Balaban J connectivity index is 2.18. The zero-order valence-corrected chi connectivity index (χ0v) is 12.9. The molecule has 0 fully saturated rings. The molecule has 0 aliphatic heterocycles. The van der Waals surface area contributed by atoms with Gasteiger partial charge in [-0.2, -0.15) is 0 Å². The zero-order valence-electron chi connectivity index (χ0n) is 12.0. The number of sulfonamides is 1. The second-order valence-electron chi connectivity index (χ2n) is 4.68. The van der Waals surface area contributed by atoms with Crippen LogP contribution in [0.3, 0.4) is 0 Å². The van der Waals surface area contributed by atoms with Crippen LogP contribution in [0.1, 0.15) is 11.1 Å². The second-order valence-corrected chi connectivity index (χ2v) is 6.37. The molecule has 0 saturated heterocycles. The van der Waals surface area contributed by atoms with E-state index in [9.17, 15) is 8.42 Å². The predicted octanol–water partition coefficient (Wildman–Crippen LogP) is 2.38. The van der Waals surface area contributed by atoms with Crippen molar-refractivity contribution in [3.63, 3.8) is 0 Å². The van der Waals surface area contributed by atoms with Gasteiger partial charge in [0.05, 0.1) is 17.2 Å². The van der Waals surface area contributed by atoms with Crippen LogP contribution in [0.2, 0.25) is 0 Å². The fourth-order valence-corrected chi connectivity index (χ4v) is 2.98. The summed E-state index contributed by atoms with van der Waals surface area (Å²) in [6, 6.07) is 8.44. The van der Waals surface area contributed by atoms with E-state index in [1.54, 1.807) is 56.8 Å². The number of aromatic nitrogens is 1. The van der Waals surface area contributed by atoms with Gasteiger partial charge >= 0.3 is 0 Å². The maximum atomic E-state index is 12.3. The first-order valence-electron chi connectivity index (χ1n) is 6.54. The van der Waals surface area contributed by atoms with Crippen LogP contribution >= 0.6 is 0 Å². The Morgan fingerprint density at radius 3 is 2.52 bits per heavy atom. The van der Waals surface area contributed by atoms with Crippen molar-refractivity contribution in [1.82, 2.24) is 4.98 Å². The van der Waals surface area contributed by atoms with Crippen molar-refractivity contribution in [3.8, 4) is 0 Å². The van der Waals surface area contributed by atoms with E-state index in [4.69, 9.17) is 4.74 Å². The van der Waals surface area contributed by atoms with Gasteiger partial charge in [0.2, 0.25) is 0 Å². The molecule has 0 aliphatic carbocycles. The van der Waals surface area contributed by atoms with Gasteiger partial charge in [-0.3, -0.25) is 9.71 Å². The maximum Gasteiger partial charge on any atom is 0.261 e. The molecule has 0 spiro atoms. The number of nitrogens with zero attached hydrogens (tertiary/aromatic N) is 1. The summed E-state index contributed by atoms with van der Waals surface area (Å²) in [4.78, 5) is 4.18. The highest BCUT2D eigenvalue weighted by Crippen LogP contribution is 2.19. The van der Waals surface area contributed by atoms with Crippen molar-refractivity contribution in [3.05, 3.63) is 53.9 Å². The average molecular weight is 306 g/mol. The van der Waals surface area contributed by atoms with Gasteiger partial charge in [-0.25, -0.2) is 8.42 Å². The van der Waals surface area contributed by atoms with E-state index < -0.39 is 10.0 Å². The molecule has 1 N–H and O–H groups in total. The first-order chi connectivity index (χ1) is 10.0. The van der Waals surface area contributed by atoms with Crippen LogP contribution in [0.5, 0.6) is 0 Å². The molecule has 0 radical (unpaired) electrons. The number of methoxy groups -OCH3 is 1. The third kappa shape index (κ3) is 4.03. The lowest BCUT2D eigenvalue weighted by Gasteiger charge is -2.10. The van der Waals surface area contributed by atoms with E-state index in [1.165, 1.54) is 0 Å². The number of hydrogen-bond donors (Lipinski definition) is 1. The van der Waals surface area contributed by atoms with Crippen LogP contribution in [0.15, 0.2) is 47.6 Å². The predicted molar refractivity (Wildman–Crippen MR) is 81.8 cm³/mol. The number of benzene rings is 1. The first-order valence-corrected chi connectivity index (χ1v) is 8.02. The summed E-state index contributed by atoms with van der Waals surface area (Å²) in [5.74, 6) is 0. The Bertz CT molecular complexity index is 697. The van der Waals surface area contributed by atoms with Crippen molar-refractivity contribution in [2.45, 2.75) is 18.2 Å². The summed E-state index contributed by atoms with van der Waals surface area (Å²) in [7, 11) is -1.94. The second kappa shape index (κ2) is 6.69. The number of rotatable bonds is 6. The van der Waals surface area contributed by atoms with E-state index in [1.807, 2.05) is 0 Å². The first kappa shape index (κ1) is 15.5. The molecule has 5 nitrogen and oxygen atoms in total. The minimum absolute atomic E-state index is 0.236. The lowest BCUT2D eigenvalue weighted by molar-refractivity contribution is 0.202. The number of ether oxygens (including phenoxy) is 1. The largest absolute Gasteiger partial charge is 0.384 e. The molecule has 0 saturated carbocycles. The van der Waals surface area contributed by atoms with Crippen LogP contribution in [0.25, 0.3) is 0 Å². The van der Waals surface area contributed by atoms with Gasteiger partial charge < -0.3 is 4.74 Å². The highest BCUT2D eigenvalue weighted by Gasteiger charge is 2.14. The van der Waals surface area contributed by atoms with Crippen LogP contribution in [-0.4, -0.2) is 27.1 Å². The Hall–Kier alpha value is -1.92. The molecule has 2 aromatic rings. The van der Waals surface area contributed by atoms with Gasteiger partial charge in [-0.1, -0.05) is 12.1 Å². The van der Waals surface area contributed by atoms with Gasteiger partial charge in [-0.15, -0.1) is 0 Å². The van der Waals surface area contributed by atoms with E-state index in [0.29, 0.717) is 12.3 Å². The summed E-state index contributed by atoms with van der Waals surface area (Å²) >= 11 is 0. The third-order valence-electron chi connectivity index (χ3n) is 3.09. The average Bonchev–Trinajstić information content (AvgIpc) is 2.48. The molecule has 0 bridgehead atoms. The summed E-state index contributed by atoms with van der Waals surface area (Å²) in [5.41, 5.74) is 2.35. The topological polar surface area (TPSA) is 68.3 Å². The number of nitrogens with one attached hydrogen (secondary N) is 1. The molecule has 1 aromatic heterocycles. The van der Waals surface area contributed by atoms with Crippen molar-refractivity contribution in [2.24, 2.45) is 0 Å². The minimum Gasteiger partial charge on any atom is -0.384 e. The Morgan fingerprint density at radius 2 is 1.90 bits per heavy atom. The van der Waals surface area contributed by atoms with Crippen molar-refractivity contribution in [2.75, 3.05) is 18.4 Å². The van der Waals surface area contributed by atoms with Crippen LogP contribution in [0, 0.1) is 6.92 Å². The van der Waals surface area contributed by atoms with E-state index in [2.05, 4.69) is 9.71 Å². The normalized spacial score (nSPS) is 11.3. The summed E-state index contributed by atoms with van der Waals surface area (Å²) < 4.78 is 32.2. The summed E-state index contributed by atoms with van der Waals surface area (Å²) in [5, 5.41) is 0. The smallest absolute Gasteiger partial charge is 0.261 e. The maximum absolute atomic E-state index is 12.3. The van der Waals surface area contributed by atoms with E-state index in [-0.39, 0.29) is 4.90 Å². The van der Waals surface area contributed by atoms with Crippen LogP contribution in [0.4, 0.5) is 5.69 Å². The fourth-order valence-electron chi connectivity index (χ4n) is 1.85. The molecule has 1 aromatic carbocycles. The molecular formula is C15H18N2O3S. The van der Waals surface area contributed by atoms with Gasteiger partial charge in [0.1, 0.15) is 0 Å². The summed E-state index contributed by atoms with van der Waals surface area (Å²) in [6.07, 6.45) is 3.93. The molecule has 0 aliphatic rings. The van der Waals surface area contributed by atoms with Crippen molar-refractivity contribution < 1.29 is 13.2 Å². The Kier molecular flexibility index (Phi) is 4.93. The molecule has 1 heterocycles. The Labute approximate surface area is 125 Å². The standard InChI is InChI=1S/C15H18N2O3S/c1-12-11-16-9-7-15(12)17-21(18,19)14-5-3-13(4-6-14)8-10-20-2/h3-7,9,11H,8,10H2,1-2H3,(H,16,17). The van der Waals surface area contributed by atoms with Gasteiger partial charge in [0.25, 0.3) is 10.0 Å². The molecule has 2 rings (SSSR count). The van der Waals surface area contributed by atoms with Crippen molar-refractivity contribution >= 4 is 15.7 Å². The number of anilines is 1. The lowest BCUT2D eigenvalue weighted by Crippen LogP contribution is -2.13. The molecule has 112 valence electrons. The molecule has 21 heavy (non-hydrogen) atoms. The van der Waals surface area contributed by atoms with Gasteiger partial charge in [-0.05, 0) is 42.7 Å². The van der Waals surface area contributed by atoms with Crippen LogP contribution in [-0.2, 0) is 21.2 Å². The van der Waals surface area contributed by atoms with E-state index >= 15 is 0 Å². The fraction of sp³-hybridized carbons (Fsp3) is 0.267. The molecule has 0 atom stereocenters. The van der Waals surface area contributed by atoms with Crippen molar-refractivity contribution in [1.29, 1.82) is 0 Å². The quantitative estimate of drug-likeness (QED) is 0.889. The van der Waals surface area contributed by atoms with Gasteiger partial charge in [0, 0.05) is 19.5 Å². The lowest BCUT2D eigenvalue weighted by atomic mass is 10.2. The minimum atomic E-state index is -3.58. The SMILES string of the molecule is COCCc1ccc(S(=O)(=O)Nc2ccncc2C)cc1. The van der Waals surface area contributed by atoms with E-state index in [0.717, 1.165) is 17.5 Å².